The SMILES string of the molecule is CC(C)(C)[Si](C)(C)COC[C@H](NC(=O)C1(c2cccc(Cl)c2)CC1)C(=O)O. The molecule has 2 rings (SSSR count). The second-order valence-corrected chi connectivity index (χ2v) is 15.1. The van der Waals surface area contributed by atoms with E-state index in [4.69, 9.17) is 16.3 Å². The van der Waals surface area contributed by atoms with E-state index >= 15 is 0 Å². The molecule has 0 heterocycles. The molecule has 5 nitrogen and oxygen atoms in total. The van der Waals surface area contributed by atoms with Crippen LogP contribution in [0.5, 0.6) is 0 Å². The lowest BCUT2D eigenvalue weighted by Gasteiger charge is -2.36. The van der Waals surface area contributed by atoms with E-state index in [1.165, 1.54) is 0 Å². The van der Waals surface area contributed by atoms with Gasteiger partial charge in [0, 0.05) is 11.3 Å². The predicted octanol–water partition coefficient (Wildman–Crippen LogP) is 4.01. The zero-order valence-electron chi connectivity index (χ0n) is 16.8. The minimum atomic E-state index is -1.67. The van der Waals surface area contributed by atoms with Crippen LogP contribution in [0.1, 0.15) is 39.2 Å². The van der Waals surface area contributed by atoms with Crippen molar-refractivity contribution in [1.29, 1.82) is 0 Å². The molecule has 1 aliphatic carbocycles. The van der Waals surface area contributed by atoms with Gasteiger partial charge in [-0.05, 0) is 35.6 Å². The molecule has 0 saturated heterocycles. The van der Waals surface area contributed by atoms with Crippen LogP contribution >= 0.6 is 11.6 Å². The smallest absolute Gasteiger partial charge is 0.328 e. The number of carbonyl (C=O) groups is 2. The number of amides is 1. The minimum absolute atomic E-state index is 0.0286. The first kappa shape index (κ1) is 21.9. The van der Waals surface area contributed by atoms with E-state index in [1.807, 2.05) is 12.1 Å². The molecule has 0 unspecified atom stereocenters. The zero-order chi connectivity index (χ0) is 20.5. The van der Waals surface area contributed by atoms with Gasteiger partial charge in [-0.1, -0.05) is 57.6 Å². The van der Waals surface area contributed by atoms with Gasteiger partial charge in [0.05, 0.1) is 20.1 Å². The summed E-state index contributed by atoms with van der Waals surface area (Å²) in [5.41, 5.74) is 0.164. The van der Waals surface area contributed by atoms with Crippen LogP contribution in [0.3, 0.4) is 0 Å². The van der Waals surface area contributed by atoms with Crippen LogP contribution in [0, 0.1) is 0 Å². The van der Waals surface area contributed by atoms with Gasteiger partial charge in [-0.3, -0.25) is 4.79 Å². The van der Waals surface area contributed by atoms with Crippen molar-refractivity contribution in [3.8, 4) is 0 Å². The molecule has 1 aliphatic rings. The van der Waals surface area contributed by atoms with E-state index in [1.54, 1.807) is 12.1 Å². The molecule has 1 aromatic carbocycles. The van der Waals surface area contributed by atoms with Crippen LogP contribution in [0.2, 0.25) is 23.2 Å². The maximum Gasteiger partial charge on any atom is 0.328 e. The zero-order valence-corrected chi connectivity index (χ0v) is 18.5. The number of aliphatic carboxylic acids is 1. The Bertz CT molecular complexity index is 710. The number of carboxylic acid groups (broad SMARTS) is 1. The van der Waals surface area contributed by atoms with E-state index in [0.717, 1.165) is 5.56 Å². The standard InChI is InChI=1S/C20H30ClNO4Si/c1-19(2,3)27(4,5)13-26-12-16(17(23)24)22-18(25)20(9-10-20)14-7-6-8-15(21)11-14/h6-8,11,16H,9-10,12-13H2,1-5H3,(H,22,25)(H,23,24)/t16-/m0/s1. The first-order chi connectivity index (χ1) is 12.4. The molecule has 0 aromatic heterocycles. The number of benzene rings is 1. The van der Waals surface area contributed by atoms with E-state index in [-0.39, 0.29) is 17.6 Å². The monoisotopic (exact) mass is 411 g/mol. The van der Waals surface area contributed by atoms with Gasteiger partial charge in [-0.2, -0.15) is 0 Å². The minimum Gasteiger partial charge on any atom is -0.480 e. The molecule has 1 saturated carbocycles. The van der Waals surface area contributed by atoms with Crippen LogP contribution in [0.15, 0.2) is 24.3 Å². The van der Waals surface area contributed by atoms with Crippen molar-refractivity contribution in [3.63, 3.8) is 0 Å². The van der Waals surface area contributed by atoms with Gasteiger partial charge < -0.3 is 15.2 Å². The number of ether oxygens (including phenoxy) is 1. The van der Waals surface area contributed by atoms with Crippen LogP contribution in [0.4, 0.5) is 0 Å². The maximum absolute atomic E-state index is 12.8. The molecule has 0 spiro atoms. The molecule has 7 heteroatoms. The van der Waals surface area contributed by atoms with Crippen molar-refractivity contribution in [3.05, 3.63) is 34.9 Å². The third kappa shape index (κ3) is 5.12. The Morgan fingerprint density at radius 2 is 1.96 bits per heavy atom. The third-order valence-corrected chi connectivity index (χ3v) is 11.2. The molecular formula is C20H30ClNO4Si. The second kappa shape index (κ2) is 7.93. The van der Waals surface area contributed by atoms with Gasteiger partial charge >= 0.3 is 5.97 Å². The molecule has 2 N–H and O–H groups in total. The summed E-state index contributed by atoms with van der Waals surface area (Å²) in [5, 5.41) is 12.9. The van der Waals surface area contributed by atoms with Crippen molar-refractivity contribution in [2.45, 2.75) is 63.2 Å². The van der Waals surface area contributed by atoms with Gasteiger partial charge in [-0.25, -0.2) is 4.79 Å². The molecule has 0 radical (unpaired) electrons. The molecule has 1 aromatic rings. The Labute approximate surface area is 167 Å². The number of nitrogens with one attached hydrogen (secondary N) is 1. The average Bonchev–Trinajstić information content (AvgIpc) is 3.34. The number of hydrogen-bond acceptors (Lipinski definition) is 3. The first-order valence-electron chi connectivity index (χ1n) is 9.27. The van der Waals surface area contributed by atoms with Gasteiger partial charge in [0.25, 0.3) is 0 Å². The summed E-state index contributed by atoms with van der Waals surface area (Å²) >= 11 is 6.05. The van der Waals surface area contributed by atoms with E-state index in [0.29, 0.717) is 24.1 Å². The van der Waals surface area contributed by atoms with Gasteiger partial charge in [0.15, 0.2) is 6.04 Å². The number of halogens is 1. The molecule has 1 atom stereocenters. The highest BCUT2D eigenvalue weighted by molar-refractivity contribution is 6.80. The Balaban J connectivity index is 2.00. The Kier molecular flexibility index (Phi) is 6.44. The molecular weight excluding hydrogens is 382 g/mol. The predicted molar refractivity (Wildman–Crippen MR) is 110 cm³/mol. The average molecular weight is 412 g/mol. The Hall–Kier alpha value is -1.37. The lowest BCUT2D eigenvalue weighted by atomic mass is 9.94. The van der Waals surface area contributed by atoms with Crippen molar-refractivity contribution in [1.82, 2.24) is 5.32 Å². The normalized spacial score (nSPS) is 17.3. The molecule has 0 bridgehead atoms. The summed E-state index contributed by atoms with van der Waals surface area (Å²) in [6.45, 7) is 11.0. The highest BCUT2D eigenvalue weighted by Gasteiger charge is 2.52. The number of carbonyl (C=O) groups excluding carboxylic acids is 1. The molecule has 150 valence electrons. The second-order valence-electron chi connectivity index (χ2n) is 9.11. The third-order valence-electron chi connectivity index (χ3n) is 5.94. The molecule has 27 heavy (non-hydrogen) atoms. The summed E-state index contributed by atoms with van der Waals surface area (Å²) < 4.78 is 5.75. The van der Waals surface area contributed by atoms with Crippen molar-refractivity contribution in [2.24, 2.45) is 0 Å². The summed E-state index contributed by atoms with van der Waals surface area (Å²) in [6.07, 6.45) is 1.93. The van der Waals surface area contributed by atoms with Gasteiger partial charge in [-0.15, -0.1) is 0 Å². The molecule has 1 amide bonds. The summed E-state index contributed by atoms with van der Waals surface area (Å²) in [4.78, 5) is 24.4. The fourth-order valence-corrected chi connectivity index (χ4v) is 3.93. The Morgan fingerprint density at radius 1 is 1.33 bits per heavy atom. The summed E-state index contributed by atoms with van der Waals surface area (Å²) in [7, 11) is -1.67. The summed E-state index contributed by atoms with van der Waals surface area (Å²) in [6, 6.07) is 6.15. The van der Waals surface area contributed by atoms with Crippen molar-refractivity contribution >= 4 is 31.6 Å². The quantitative estimate of drug-likeness (QED) is 0.634. The van der Waals surface area contributed by atoms with E-state index < -0.39 is 25.5 Å². The van der Waals surface area contributed by atoms with Crippen LogP contribution in [-0.2, 0) is 19.7 Å². The van der Waals surface area contributed by atoms with Crippen LogP contribution in [0.25, 0.3) is 0 Å². The van der Waals surface area contributed by atoms with E-state index in [2.05, 4.69) is 39.2 Å². The van der Waals surface area contributed by atoms with Crippen LogP contribution < -0.4 is 5.32 Å². The van der Waals surface area contributed by atoms with Crippen molar-refractivity contribution < 1.29 is 19.4 Å². The molecule has 1 fully saturated rings. The highest BCUT2D eigenvalue weighted by Crippen LogP contribution is 2.49. The largest absolute Gasteiger partial charge is 0.480 e. The number of rotatable bonds is 8. The van der Waals surface area contributed by atoms with Gasteiger partial charge in [0.1, 0.15) is 0 Å². The molecule has 0 aliphatic heterocycles. The maximum atomic E-state index is 12.8. The van der Waals surface area contributed by atoms with E-state index in [9.17, 15) is 14.7 Å². The lowest BCUT2D eigenvalue weighted by Crippen LogP contribution is -2.49. The number of carboxylic acids is 1. The summed E-state index contributed by atoms with van der Waals surface area (Å²) in [5.74, 6) is -1.35. The first-order valence-corrected chi connectivity index (χ1v) is 12.9. The van der Waals surface area contributed by atoms with Crippen molar-refractivity contribution in [2.75, 3.05) is 12.8 Å². The Morgan fingerprint density at radius 3 is 2.44 bits per heavy atom. The lowest BCUT2D eigenvalue weighted by molar-refractivity contribution is -0.143. The highest BCUT2D eigenvalue weighted by atomic mass is 35.5. The van der Waals surface area contributed by atoms with Gasteiger partial charge in [0.2, 0.25) is 5.91 Å². The topological polar surface area (TPSA) is 75.6 Å². The van der Waals surface area contributed by atoms with Crippen LogP contribution in [-0.4, -0.2) is 43.9 Å². The fraction of sp³-hybridized carbons (Fsp3) is 0.600. The fourth-order valence-electron chi connectivity index (χ4n) is 2.68. The number of hydrogen-bond donors (Lipinski definition) is 2.